The van der Waals surface area contributed by atoms with Gasteiger partial charge in [-0.15, -0.1) is 0 Å². The predicted octanol–water partition coefficient (Wildman–Crippen LogP) is 2.27. The quantitative estimate of drug-likeness (QED) is 0.905. The highest BCUT2D eigenvalue weighted by Crippen LogP contribution is 2.23. The van der Waals surface area contributed by atoms with E-state index in [1.165, 1.54) is 0 Å². The number of hydrogen-bond donors (Lipinski definition) is 1. The summed E-state index contributed by atoms with van der Waals surface area (Å²) in [6.07, 6.45) is 1.94. The molecule has 0 radical (unpaired) electrons. The molecule has 0 unspecified atom stereocenters. The summed E-state index contributed by atoms with van der Waals surface area (Å²) in [4.78, 5) is 0. The van der Waals surface area contributed by atoms with Crippen LogP contribution in [-0.2, 0) is 13.6 Å². The molecule has 0 bridgehead atoms. The monoisotopic (exact) mass is 248 g/mol. The molecule has 0 fully saturated rings. The molecule has 5 heteroatoms. The van der Waals surface area contributed by atoms with Gasteiger partial charge in [-0.1, -0.05) is 5.16 Å². The minimum absolute atomic E-state index is 0.0728. The Bertz CT molecular complexity index is 533. The Balaban J connectivity index is 2.13. The van der Waals surface area contributed by atoms with Crippen molar-refractivity contribution < 1.29 is 4.52 Å². The second kappa shape index (κ2) is 4.57. The third-order valence-corrected chi connectivity index (χ3v) is 2.64. The summed E-state index contributed by atoms with van der Waals surface area (Å²) in [7, 11) is 1.90. The molecule has 0 spiro atoms. The van der Waals surface area contributed by atoms with E-state index in [4.69, 9.17) is 4.52 Å². The summed E-state index contributed by atoms with van der Waals surface area (Å²) < 4.78 is 7.14. The van der Waals surface area contributed by atoms with Crippen molar-refractivity contribution in [1.82, 2.24) is 20.3 Å². The van der Waals surface area contributed by atoms with Crippen molar-refractivity contribution in [3.05, 3.63) is 23.7 Å². The summed E-state index contributed by atoms with van der Waals surface area (Å²) in [5.74, 6) is 0.770. The van der Waals surface area contributed by atoms with Gasteiger partial charge in [0.15, 0.2) is 5.76 Å². The number of hydrogen-bond acceptors (Lipinski definition) is 4. The van der Waals surface area contributed by atoms with Gasteiger partial charge in [-0.05, 0) is 27.7 Å². The van der Waals surface area contributed by atoms with Crippen LogP contribution in [0.15, 0.2) is 16.8 Å². The van der Waals surface area contributed by atoms with Crippen LogP contribution in [0.1, 0.15) is 32.2 Å². The zero-order valence-corrected chi connectivity index (χ0v) is 11.6. The number of nitrogens with zero attached hydrogens (tertiary/aromatic N) is 3. The molecule has 1 N–H and O–H groups in total. The van der Waals surface area contributed by atoms with Gasteiger partial charge in [-0.2, -0.15) is 5.10 Å². The van der Waals surface area contributed by atoms with Gasteiger partial charge in [0.2, 0.25) is 0 Å². The summed E-state index contributed by atoms with van der Waals surface area (Å²) >= 11 is 0. The van der Waals surface area contributed by atoms with E-state index in [2.05, 4.69) is 36.3 Å². The third-order valence-electron chi connectivity index (χ3n) is 2.64. The largest absolute Gasteiger partial charge is 0.356 e. The van der Waals surface area contributed by atoms with Crippen LogP contribution in [0, 0.1) is 6.92 Å². The van der Waals surface area contributed by atoms with Crippen LogP contribution in [-0.4, -0.2) is 20.5 Å². The maximum Gasteiger partial charge on any atom is 0.170 e. The van der Waals surface area contributed by atoms with Crippen molar-refractivity contribution in [3.8, 4) is 11.3 Å². The molecule has 2 heterocycles. The van der Waals surface area contributed by atoms with E-state index in [0.29, 0.717) is 6.54 Å². The van der Waals surface area contributed by atoms with Crippen molar-refractivity contribution in [2.75, 3.05) is 0 Å². The molecule has 0 aliphatic rings. The fourth-order valence-electron chi connectivity index (χ4n) is 1.72. The molecule has 0 saturated heterocycles. The first-order chi connectivity index (χ1) is 8.35. The molecule has 18 heavy (non-hydrogen) atoms. The Morgan fingerprint density at radius 2 is 2.11 bits per heavy atom. The van der Waals surface area contributed by atoms with Gasteiger partial charge >= 0.3 is 0 Å². The van der Waals surface area contributed by atoms with Crippen molar-refractivity contribution in [3.63, 3.8) is 0 Å². The van der Waals surface area contributed by atoms with E-state index in [-0.39, 0.29) is 5.54 Å². The fourth-order valence-corrected chi connectivity index (χ4v) is 1.72. The molecule has 0 atom stereocenters. The van der Waals surface area contributed by atoms with Gasteiger partial charge in [0.05, 0.1) is 17.0 Å². The molecule has 0 saturated carbocycles. The maximum atomic E-state index is 5.37. The Hall–Kier alpha value is -1.62. The molecule has 0 aliphatic carbocycles. The Morgan fingerprint density at radius 3 is 2.67 bits per heavy atom. The van der Waals surface area contributed by atoms with Gasteiger partial charge in [-0.25, -0.2) is 0 Å². The van der Waals surface area contributed by atoms with Gasteiger partial charge in [0.25, 0.3) is 0 Å². The molecule has 98 valence electrons. The van der Waals surface area contributed by atoms with Crippen molar-refractivity contribution >= 4 is 0 Å². The lowest BCUT2D eigenvalue weighted by Gasteiger charge is -2.19. The highest BCUT2D eigenvalue weighted by atomic mass is 16.5. The first-order valence-electron chi connectivity index (χ1n) is 6.06. The molecule has 0 aromatic carbocycles. The summed E-state index contributed by atoms with van der Waals surface area (Å²) in [5, 5.41) is 11.7. The molecule has 2 aromatic rings. The molecule has 2 aromatic heterocycles. The minimum Gasteiger partial charge on any atom is -0.356 e. The van der Waals surface area contributed by atoms with Crippen LogP contribution in [0.4, 0.5) is 0 Å². The zero-order chi connectivity index (χ0) is 13.3. The van der Waals surface area contributed by atoms with Crippen LogP contribution in [0.2, 0.25) is 0 Å². The lowest BCUT2D eigenvalue weighted by atomic mass is 10.1. The number of aromatic nitrogens is 3. The Labute approximate surface area is 107 Å². The van der Waals surface area contributed by atoms with Gasteiger partial charge in [-0.3, -0.25) is 4.68 Å². The van der Waals surface area contributed by atoms with Crippen molar-refractivity contribution in [2.24, 2.45) is 7.05 Å². The Morgan fingerprint density at radius 1 is 1.39 bits per heavy atom. The van der Waals surface area contributed by atoms with Crippen LogP contribution in [0.5, 0.6) is 0 Å². The van der Waals surface area contributed by atoms with Gasteiger partial charge < -0.3 is 9.84 Å². The second-order valence-corrected chi connectivity index (χ2v) is 5.59. The van der Waals surface area contributed by atoms with E-state index >= 15 is 0 Å². The highest BCUT2D eigenvalue weighted by molar-refractivity contribution is 5.59. The highest BCUT2D eigenvalue weighted by Gasteiger charge is 2.14. The summed E-state index contributed by atoms with van der Waals surface area (Å²) in [5.41, 5.74) is 2.92. The molecule has 0 amide bonds. The summed E-state index contributed by atoms with van der Waals surface area (Å²) in [6.45, 7) is 9.04. The van der Waals surface area contributed by atoms with Crippen LogP contribution >= 0.6 is 0 Å². The molecule has 5 nitrogen and oxygen atoms in total. The lowest BCUT2D eigenvalue weighted by molar-refractivity contribution is 0.392. The van der Waals surface area contributed by atoms with Crippen molar-refractivity contribution in [2.45, 2.75) is 39.8 Å². The molecular formula is C13H20N4O. The SMILES string of the molecule is Cc1nn(C)cc1-c1cc(CNC(C)(C)C)no1. The number of rotatable bonds is 3. The van der Waals surface area contributed by atoms with E-state index < -0.39 is 0 Å². The average molecular weight is 248 g/mol. The summed E-state index contributed by atoms with van der Waals surface area (Å²) in [6, 6.07) is 1.96. The van der Waals surface area contributed by atoms with Crippen LogP contribution in [0.3, 0.4) is 0 Å². The van der Waals surface area contributed by atoms with Crippen LogP contribution < -0.4 is 5.32 Å². The average Bonchev–Trinajstić information content (AvgIpc) is 2.81. The fraction of sp³-hybridized carbons (Fsp3) is 0.538. The van der Waals surface area contributed by atoms with Gasteiger partial charge in [0.1, 0.15) is 0 Å². The van der Waals surface area contributed by atoms with Crippen LogP contribution in [0.25, 0.3) is 11.3 Å². The first-order valence-corrected chi connectivity index (χ1v) is 6.06. The maximum absolute atomic E-state index is 5.37. The number of aryl methyl sites for hydroxylation is 2. The minimum atomic E-state index is 0.0728. The number of nitrogens with one attached hydrogen (secondary N) is 1. The Kier molecular flexibility index (Phi) is 3.26. The molecule has 0 aliphatic heterocycles. The molecular weight excluding hydrogens is 228 g/mol. The zero-order valence-electron chi connectivity index (χ0n) is 11.6. The smallest absolute Gasteiger partial charge is 0.170 e. The van der Waals surface area contributed by atoms with Gasteiger partial charge in [0, 0.05) is 31.4 Å². The van der Waals surface area contributed by atoms with E-state index in [0.717, 1.165) is 22.7 Å². The van der Waals surface area contributed by atoms with E-state index in [9.17, 15) is 0 Å². The lowest BCUT2D eigenvalue weighted by Crippen LogP contribution is -2.35. The molecule has 2 rings (SSSR count). The normalized spacial score (nSPS) is 12.1. The topological polar surface area (TPSA) is 55.9 Å². The second-order valence-electron chi connectivity index (χ2n) is 5.59. The van der Waals surface area contributed by atoms with Crippen molar-refractivity contribution in [1.29, 1.82) is 0 Å². The van der Waals surface area contributed by atoms with E-state index in [1.807, 2.05) is 26.2 Å². The third kappa shape index (κ3) is 2.98. The van der Waals surface area contributed by atoms with E-state index in [1.54, 1.807) is 4.68 Å². The standard InChI is InChI=1S/C13H20N4O/c1-9-11(8-17(5)15-9)12-6-10(16-18-12)7-14-13(2,3)4/h6,8,14H,7H2,1-5H3. The predicted molar refractivity (Wildman–Crippen MR) is 70.0 cm³/mol. The first kappa shape index (κ1) is 12.8.